The highest BCUT2D eigenvalue weighted by Gasteiger charge is 2.33. The van der Waals surface area contributed by atoms with Crippen molar-refractivity contribution in [3.63, 3.8) is 0 Å². The molecule has 3 rings (SSSR count). The van der Waals surface area contributed by atoms with Gasteiger partial charge in [-0.3, -0.25) is 0 Å². The minimum atomic E-state index is -4.32. The van der Waals surface area contributed by atoms with E-state index >= 15 is 0 Å². The highest BCUT2D eigenvalue weighted by molar-refractivity contribution is 5.32. The van der Waals surface area contributed by atoms with Crippen molar-refractivity contribution in [2.45, 2.75) is 38.9 Å². The second-order valence-electron chi connectivity index (χ2n) is 5.75. The van der Waals surface area contributed by atoms with E-state index in [2.05, 4.69) is 16.5 Å². The number of fused-ring (bicyclic) bond motifs is 1. The van der Waals surface area contributed by atoms with E-state index in [9.17, 15) is 13.2 Å². The van der Waals surface area contributed by atoms with E-state index in [1.165, 1.54) is 12.1 Å². The van der Waals surface area contributed by atoms with Crippen molar-refractivity contribution in [3.8, 4) is 0 Å². The van der Waals surface area contributed by atoms with Crippen molar-refractivity contribution < 1.29 is 13.2 Å². The monoisotopic (exact) mass is 294 g/mol. The maximum Gasteiger partial charge on any atom is 0.416 e. The molecule has 1 aliphatic heterocycles. The molecule has 0 aliphatic carbocycles. The van der Waals surface area contributed by atoms with Gasteiger partial charge in [0, 0.05) is 24.9 Å². The van der Waals surface area contributed by atoms with Crippen LogP contribution in [-0.4, -0.2) is 9.55 Å². The first-order chi connectivity index (χ1) is 9.95. The lowest BCUT2D eigenvalue weighted by atomic mass is 9.99. The Morgan fingerprint density at radius 2 is 2.05 bits per heavy atom. The van der Waals surface area contributed by atoms with Crippen molar-refractivity contribution in [1.82, 2.24) is 9.55 Å². The highest BCUT2D eigenvalue weighted by atomic mass is 19.4. The summed E-state index contributed by atoms with van der Waals surface area (Å²) in [5, 5.41) is 0. The molecule has 5 heteroatoms. The van der Waals surface area contributed by atoms with Gasteiger partial charge in [-0.25, -0.2) is 4.98 Å². The molecule has 0 saturated heterocycles. The molecule has 2 nitrogen and oxygen atoms in total. The number of halogens is 3. The number of imidazole rings is 1. The zero-order chi connectivity index (χ0) is 15.0. The summed E-state index contributed by atoms with van der Waals surface area (Å²) in [5.41, 5.74) is 0.857. The molecule has 0 amide bonds. The van der Waals surface area contributed by atoms with Gasteiger partial charge in [0.2, 0.25) is 0 Å². The normalized spacial score (nSPS) is 18.6. The third-order valence-electron chi connectivity index (χ3n) is 4.08. The van der Waals surface area contributed by atoms with E-state index in [1.807, 2.05) is 0 Å². The van der Waals surface area contributed by atoms with Crippen LogP contribution in [0.2, 0.25) is 0 Å². The van der Waals surface area contributed by atoms with E-state index in [0.717, 1.165) is 37.0 Å². The average Bonchev–Trinajstić information content (AvgIpc) is 2.81. The van der Waals surface area contributed by atoms with Crippen LogP contribution in [0.25, 0.3) is 0 Å². The molecular weight excluding hydrogens is 277 g/mol. The zero-order valence-corrected chi connectivity index (χ0v) is 11.8. The van der Waals surface area contributed by atoms with Crippen molar-refractivity contribution >= 4 is 0 Å². The zero-order valence-electron chi connectivity index (χ0n) is 11.8. The Morgan fingerprint density at radius 1 is 1.29 bits per heavy atom. The molecule has 1 aromatic heterocycles. The third-order valence-corrected chi connectivity index (χ3v) is 4.08. The molecule has 2 aromatic rings. The van der Waals surface area contributed by atoms with Gasteiger partial charge in [0.05, 0.1) is 5.56 Å². The Bertz CT molecular complexity index is 643. The third kappa shape index (κ3) is 2.82. The topological polar surface area (TPSA) is 17.8 Å². The fourth-order valence-electron chi connectivity index (χ4n) is 2.94. The minimum Gasteiger partial charge on any atom is -0.332 e. The summed E-state index contributed by atoms with van der Waals surface area (Å²) in [5.74, 6) is 1.27. The fraction of sp³-hybridized carbons (Fsp3) is 0.438. The van der Waals surface area contributed by atoms with E-state index in [1.54, 1.807) is 12.3 Å². The number of hydrogen-bond acceptors (Lipinski definition) is 1. The number of aromatic nitrogens is 2. The second kappa shape index (κ2) is 5.20. The molecule has 0 spiro atoms. The summed E-state index contributed by atoms with van der Waals surface area (Å²) in [4.78, 5) is 4.35. The molecule has 1 unspecified atom stereocenters. The predicted octanol–water partition coefficient (Wildman–Crippen LogP) is 4.08. The van der Waals surface area contributed by atoms with Gasteiger partial charge < -0.3 is 4.57 Å². The molecule has 0 fully saturated rings. The number of rotatable bonds is 2. The molecule has 112 valence electrons. The molecule has 0 bridgehead atoms. The lowest BCUT2D eigenvalue weighted by Gasteiger charge is -2.22. The molecule has 21 heavy (non-hydrogen) atoms. The second-order valence-corrected chi connectivity index (χ2v) is 5.75. The van der Waals surface area contributed by atoms with Crippen LogP contribution >= 0.6 is 0 Å². The van der Waals surface area contributed by atoms with E-state index in [-0.39, 0.29) is 12.0 Å². The number of nitrogens with zero attached hydrogens (tertiary/aromatic N) is 2. The maximum absolute atomic E-state index is 13.1. The van der Waals surface area contributed by atoms with Crippen molar-refractivity contribution in [2.75, 3.05) is 0 Å². The Balaban J connectivity index is 1.94. The summed E-state index contributed by atoms with van der Waals surface area (Å²) < 4.78 is 41.2. The smallest absolute Gasteiger partial charge is 0.332 e. The maximum atomic E-state index is 13.1. The van der Waals surface area contributed by atoms with E-state index in [4.69, 9.17) is 0 Å². The standard InChI is InChI=1S/C16H17F3N2/c1-11-6-7-13-9-20-15(21(13)10-11)8-12-4-2-3-5-14(12)16(17,18)19/h2-5,9,11H,6-8,10H2,1H3. The highest BCUT2D eigenvalue weighted by Crippen LogP contribution is 2.33. The molecule has 2 heterocycles. The van der Waals surface area contributed by atoms with Crippen LogP contribution < -0.4 is 0 Å². The van der Waals surface area contributed by atoms with Crippen LogP contribution in [0.4, 0.5) is 13.2 Å². The first-order valence-corrected chi connectivity index (χ1v) is 7.13. The first-order valence-electron chi connectivity index (χ1n) is 7.13. The molecule has 0 radical (unpaired) electrons. The lowest BCUT2D eigenvalue weighted by Crippen LogP contribution is -2.20. The van der Waals surface area contributed by atoms with Crippen LogP contribution in [0.3, 0.4) is 0 Å². The van der Waals surface area contributed by atoms with Crippen LogP contribution in [-0.2, 0) is 25.6 Å². The van der Waals surface area contributed by atoms with Crippen LogP contribution in [0.15, 0.2) is 30.5 Å². The number of alkyl halides is 3. The van der Waals surface area contributed by atoms with Gasteiger partial charge in [0.25, 0.3) is 0 Å². The first kappa shape index (κ1) is 14.2. The quantitative estimate of drug-likeness (QED) is 0.816. The molecule has 0 saturated carbocycles. The molecule has 1 aromatic carbocycles. The molecule has 1 aliphatic rings. The van der Waals surface area contributed by atoms with Gasteiger partial charge in [-0.05, 0) is 30.4 Å². The summed E-state index contributed by atoms with van der Waals surface area (Å²) in [6, 6.07) is 5.75. The molecule has 1 atom stereocenters. The average molecular weight is 294 g/mol. The summed E-state index contributed by atoms with van der Waals surface area (Å²) in [7, 11) is 0. The van der Waals surface area contributed by atoms with Gasteiger partial charge in [0.15, 0.2) is 0 Å². The fourth-order valence-corrected chi connectivity index (χ4v) is 2.94. The summed E-state index contributed by atoms with van der Waals surface area (Å²) in [6.07, 6.45) is -0.222. The molecular formula is C16H17F3N2. The largest absolute Gasteiger partial charge is 0.416 e. The van der Waals surface area contributed by atoms with E-state index in [0.29, 0.717) is 5.92 Å². The van der Waals surface area contributed by atoms with Crippen molar-refractivity contribution in [3.05, 3.63) is 53.1 Å². The molecule has 0 N–H and O–H groups in total. The Kier molecular flexibility index (Phi) is 3.51. The van der Waals surface area contributed by atoms with Crippen molar-refractivity contribution in [1.29, 1.82) is 0 Å². The van der Waals surface area contributed by atoms with Gasteiger partial charge in [-0.1, -0.05) is 25.1 Å². The van der Waals surface area contributed by atoms with Gasteiger partial charge in [0.1, 0.15) is 5.82 Å². The Labute approximate surface area is 121 Å². The number of aryl methyl sites for hydroxylation is 1. The van der Waals surface area contributed by atoms with Gasteiger partial charge >= 0.3 is 6.18 Å². The van der Waals surface area contributed by atoms with Crippen LogP contribution in [0.1, 0.15) is 36.0 Å². The predicted molar refractivity (Wildman–Crippen MR) is 74.0 cm³/mol. The van der Waals surface area contributed by atoms with Gasteiger partial charge in [-0.2, -0.15) is 13.2 Å². The SMILES string of the molecule is CC1CCc2cnc(Cc3ccccc3C(F)(F)F)n2C1. The lowest BCUT2D eigenvalue weighted by molar-refractivity contribution is -0.138. The summed E-state index contributed by atoms with van der Waals surface area (Å²) in [6.45, 7) is 3.01. The van der Waals surface area contributed by atoms with Crippen molar-refractivity contribution in [2.24, 2.45) is 5.92 Å². The minimum absolute atomic E-state index is 0.225. The van der Waals surface area contributed by atoms with Crippen LogP contribution in [0, 0.1) is 5.92 Å². The Hall–Kier alpha value is -1.78. The summed E-state index contributed by atoms with van der Waals surface area (Å²) >= 11 is 0. The van der Waals surface area contributed by atoms with E-state index < -0.39 is 11.7 Å². The van der Waals surface area contributed by atoms with Crippen LogP contribution in [0.5, 0.6) is 0 Å². The Morgan fingerprint density at radius 3 is 2.81 bits per heavy atom. The number of benzene rings is 1. The van der Waals surface area contributed by atoms with Gasteiger partial charge in [-0.15, -0.1) is 0 Å². The number of hydrogen-bond donors (Lipinski definition) is 0.